The zero-order valence-electron chi connectivity index (χ0n) is 13.7. The van der Waals surface area contributed by atoms with Crippen LogP contribution in [0.2, 0.25) is 5.02 Å². The number of esters is 1. The zero-order valence-corrected chi connectivity index (χ0v) is 14.4. The van der Waals surface area contributed by atoms with Crippen molar-refractivity contribution in [2.75, 3.05) is 7.11 Å². The number of nitrogens with one attached hydrogen (secondary N) is 1. The Labute approximate surface area is 154 Å². The van der Waals surface area contributed by atoms with Gasteiger partial charge in [0.15, 0.2) is 12.7 Å². The Kier molecular flexibility index (Phi) is 7.84. The lowest BCUT2D eigenvalue weighted by molar-refractivity contribution is -0.752. The Morgan fingerprint density at radius 3 is 2.44 bits per heavy atom. The van der Waals surface area contributed by atoms with Crippen LogP contribution in [-0.4, -0.2) is 45.4 Å². The Bertz CT molecular complexity index is 855. The van der Waals surface area contributed by atoms with Crippen LogP contribution in [0.5, 0.6) is 0 Å². The van der Waals surface area contributed by atoms with Crippen molar-refractivity contribution in [2.24, 2.45) is 0 Å². The third-order valence-corrected chi connectivity index (χ3v) is 3.04. The number of alkyl halides is 3. The highest BCUT2D eigenvalue weighted by molar-refractivity contribution is 6.30. The molecule has 27 heavy (non-hydrogen) atoms. The number of H-pyrrole nitrogens is 1. The lowest BCUT2D eigenvalue weighted by Crippen LogP contribution is -2.38. The number of hydrogen-bond donors (Lipinski definition) is 2. The van der Waals surface area contributed by atoms with E-state index in [1.54, 1.807) is 12.3 Å². The molecular formula is C14H13ClF3N4O5+. The summed E-state index contributed by atoms with van der Waals surface area (Å²) in [6.07, 6.45) is -0.482. The first-order chi connectivity index (χ1) is 12.5. The largest absolute Gasteiger partial charge is 0.490 e. The molecule has 0 aromatic carbocycles. The molecule has 2 aromatic rings. The van der Waals surface area contributed by atoms with Crippen LogP contribution >= 0.6 is 11.6 Å². The van der Waals surface area contributed by atoms with E-state index in [9.17, 15) is 27.6 Å². The van der Waals surface area contributed by atoms with E-state index in [-0.39, 0.29) is 18.0 Å². The zero-order chi connectivity index (χ0) is 20.6. The van der Waals surface area contributed by atoms with Crippen molar-refractivity contribution >= 4 is 23.5 Å². The molecule has 0 saturated heterocycles. The van der Waals surface area contributed by atoms with E-state index in [1.807, 2.05) is 0 Å². The smallest absolute Gasteiger partial charge is 0.481 e. The number of halogens is 4. The van der Waals surface area contributed by atoms with Crippen molar-refractivity contribution in [1.82, 2.24) is 15.1 Å². The van der Waals surface area contributed by atoms with E-state index in [4.69, 9.17) is 16.7 Å². The summed E-state index contributed by atoms with van der Waals surface area (Å²) in [5.41, 5.74) is 0.189. The molecule has 0 aliphatic rings. The monoisotopic (exact) mass is 409 g/mol. The quantitative estimate of drug-likeness (QED) is 0.569. The van der Waals surface area contributed by atoms with Crippen molar-refractivity contribution in [2.45, 2.75) is 19.1 Å². The first-order valence-corrected chi connectivity index (χ1v) is 7.40. The minimum atomic E-state index is -4.85. The average Bonchev–Trinajstić information content (AvgIpc) is 2.61. The number of aromatic nitrogens is 4. The topological polar surface area (TPSA) is 126 Å². The van der Waals surface area contributed by atoms with Gasteiger partial charge in [-0.1, -0.05) is 16.3 Å². The van der Waals surface area contributed by atoms with Gasteiger partial charge in [0.05, 0.1) is 13.3 Å². The number of carboxylic acid groups (broad SMARTS) is 1. The summed E-state index contributed by atoms with van der Waals surface area (Å²) >= 11 is 5.58. The van der Waals surface area contributed by atoms with Gasteiger partial charge in [0, 0.05) is 11.6 Å². The van der Waals surface area contributed by atoms with Crippen LogP contribution in [0.4, 0.5) is 13.2 Å². The van der Waals surface area contributed by atoms with Crippen LogP contribution in [0.25, 0.3) is 11.4 Å². The van der Waals surface area contributed by atoms with E-state index in [0.717, 1.165) is 0 Å². The molecule has 0 radical (unpaired) electrons. The number of aromatic amines is 1. The van der Waals surface area contributed by atoms with Crippen molar-refractivity contribution in [3.63, 3.8) is 0 Å². The first kappa shape index (κ1) is 22.0. The Hall–Kier alpha value is -3.02. The van der Waals surface area contributed by atoms with Crippen LogP contribution in [-0.2, 0) is 20.9 Å². The summed E-state index contributed by atoms with van der Waals surface area (Å²) in [7, 11) is 0.676. The van der Waals surface area contributed by atoms with Crippen LogP contribution in [0.3, 0.4) is 0 Å². The number of nitrogens with zero attached hydrogens (tertiary/aromatic N) is 3. The molecular weight excluding hydrogens is 397 g/mol. The molecule has 13 heteroatoms. The van der Waals surface area contributed by atoms with Crippen LogP contribution in [0.1, 0.15) is 6.42 Å². The fourth-order valence-electron chi connectivity index (χ4n) is 1.51. The molecule has 0 fully saturated rings. The molecule has 2 aromatic heterocycles. The van der Waals surface area contributed by atoms with Gasteiger partial charge in [-0.05, 0) is 5.10 Å². The lowest BCUT2D eigenvalue weighted by atomic mass is 10.3. The number of rotatable bonds is 4. The van der Waals surface area contributed by atoms with Crippen molar-refractivity contribution in [3.05, 3.63) is 40.0 Å². The maximum Gasteiger partial charge on any atom is 0.490 e. The van der Waals surface area contributed by atoms with Gasteiger partial charge in [0.2, 0.25) is 0 Å². The number of hydrogen-bond acceptors (Lipinski definition) is 6. The predicted octanol–water partition coefficient (Wildman–Crippen LogP) is 0.969. The van der Waals surface area contributed by atoms with Crippen LogP contribution in [0, 0.1) is 0 Å². The van der Waals surface area contributed by atoms with E-state index < -0.39 is 23.7 Å². The highest BCUT2D eigenvalue weighted by Crippen LogP contribution is 2.15. The van der Waals surface area contributed by atoms with Gasteiger partial charge in [0.25, 0.3) is 5.56 Å². The fourth-order valence-corrected chi connectivity index (χ4v) is 1.60. The number of carbonyl (C=O) groups excluding carboxylic acids is 1. The summed E-state index contributed by atoms with van der Waals surface area (Å²) in [6.45, 7) is 0.278. The number of carbonyl (C=O) groups is 2. The molecule has 146 valence electrons. The Morgan fingerprint density at radius 2 is 2.04 bits per heavy atom. The highest BCUT2D eigenvalue weighted by atomic mass is 35.5. The van der Waals surface area contributed by atoms with Crippen molar-refractivity contribution in [1.29, 1.82) is 0 Å². The molecule has 0 spiro atoms. The molecule has 9 nitrogen and oxygen atoms in total. The molecule has 0 aliphatic heterocycles. The molecule has 2 rings (SSSR count). The number of methoxy groups -OCH3 is 1. The van der Waals surface area contributed by atoms with Gasteiger partial charge in [-0.3, -0.25) is 9.59 Å². The van der Waals surface area contributed by atoms with E-state index in [0.29, 0.717) is 18.5 Å². The van der Waals surface area contributed by atoms with Crippen molar-refractivity contribution in [3.8, 4) is 11.4 Å². The fraction of sp³-hybridized carbons (Fsp3) is 0.286. The van der Waals surface area contributed by atoms with E-state index >= 15 is 0 Å². The second-order valence-corrected chi connectivity index (χ2v) is 5.13. The number of ether oxygens (including phenoxy) is 1. The lowest BCUT2D eigenvalue weighted by Gasteiger charge is -1.99. The Morgan fingerprint density at radius 1 is 1.37 bits per heavy atom. The summed E-state index contributed by atoms with van der Waals surface area (Å²) in [4.78, 5) is 37.8. The maximum absolute atomic E-state index is 11.3. The summed E-state index contributed by atoms with van der Waals surface area (Å²) in [5.74, 6) is -2.70. The second-order valence-electron chi connectivity index (χ2n) is 4.72. The SMILES string of the molecule is COC(=O)C(F)(F)F.O=C(O)CC[n+]1ccc(-c2ncc(Cl)c(=O)[nH]2)cn1. The molecule has 0 atom stereocenters. The molecule has 0 saturated carbocycles. The van der Waals surface area contributed by atoms with Gasteiger partial charge >= 0.3 is 18.1 Å². The molecule has 2 heterocycles. The minimum Gasteiger partial charge on any atom is -0.481 e. The van der Waals surface area contributed by atoms with E-state index in [2.05, 4.69) is 19.8 Å². The van der Waals surface area contributed by atoms with Gasteiger partial charge in [-0.15, -0.1) is 0 Å². The molecule has 2 N–H and O–H groups in total. The van der Waals surface area contributed by atoms with Crippen LogP contribution in [0.15, 0.2) is 29.5 Å². The molecule has 0 aliphatic carbocycles. The highest BCUT2D eigenvalue weighted by Gasteiger charge is 2.40. The molecule has 0 amide bonds. The summed E-state index contributed by atoms with van der Waals surface area (Å²) in [6, 6.07) is 1.68. The third kappa shape index (κ3) is 7.40. The van der Waals surface area contributed by atoms with Gasteiger partial charge < -0.3 is 14.8 Å². The second kappa shape index (κ2) is 9.62. The number of aliphatic carboxylic acids is 1. The maximum atomic E-state index is 11.3. The standard InChI is InChI=1S/C11H9ClN4O3.C3H3F3O2/c12-8-6-13-10(15-11(8)19)7-1-3-16(14-5-7)4-2-9(17)18;1-8-2(7)3(4,5)6/h1,3,5-6H,2,4H2,(H-,13,15,17,18,19);1H3/p+1. The van der Waals surface area contributed by atoms with Crippen molar-refractivity contribution < 1.29 is 37.3 Å². The minimum absolute atomic E-state index is 0.00690. The molecule has 0 unspecified atom stereocenters. The Balaban J connectivity index is 0.000000387. The van der Waals surface area contributed by atoms with Gasteiger partial charge in [-0.2, -0.15) is 13.2 Å². The first-order valence-electron chi connectivity index (χ1n) is 7.02. The number of aryl methyl sites for hydroxylation is 1. The summed E-state index contributed by atoms with van der Waals surface area (Å²) < 4.78 is 37.8. The molecule has 0 bridgehead atoms. The number of carboxylic acids is 1. The third-order valence-electron chi connectivity index (χ3n) is 2.77. The van der Waals surface area contributed by atoms with Gasteiger partial charge in [0.1, 0.15) is 23.5 Å². The normalized spacial score (nSPS) is 10.6. The van der Waals surface area contributed by atoms with Gasteiger partial charge in [-0.25, -0.2) is 9.78 Å². The summed E-state index contributed by atoms with van der Waals surface area (Å²) in [5, 5.41) is 12.6. The van der Waals surface area contributed by atoms with Crippen LogP contribution < -0.4 is 10.2 Å². The average molecular weight is 410 g/mol. The predicted molar refractivity (Wildman–Crippen MR) is 83.6 cm³/mol. The van der Waals surface area contributed by atoms with E-state index in [1.165, 1.54) is 17.1 Å².